The van der Waals surface area contributed by atoms with Crippen molar-refractivity contribution in [2.75, 3.05) is 11.0 Å². The predicted octanol–water partition coefficient (Wildman–Crippen LogP) is 1.21. The van der Waals surface area contributed by atoms with E-state index in [2.05, 4.69) is 15.4 Å². The lowest BCUT2D eigenvalue weighted by molar-refractivity contribution is 0.0924. The fraction of sp³-hybridized carbons (Fsp3) is 0.533. The molecular formula is C15H20FN3O3S. The second kappa shape index (κ2) is 6.09. The number of fused-ring (bicyclic) bond motifs is 2. The molecule has 0 radical (unpaired) electrons. The zero-order chi connectivity index (χ0) is 16.6. The van der Waals surface area contributed by atoms with Crippen LogP contribution in [0.2, 0.25) is 0 Å². The van der Waals surface area contributed by atoms with E-state index in [0.29, 0.717) is 12.1 Å². The Morgan fingerprint density at radius 3 is 2.52 bits per heavy atom. The number of hydrogen-bond acceptors (Lipinski definition) is 4. The van der Waals surface area contributed by atoms with Gasteiger partial charge in [-0.2, -0.15) is 0 Å². The van der Waals surface area contributed by atoms with Crippen molar-refractivity contribution in [1.82, 2.24) is 10.6 Å². The van der Waals surface area contributed by atoms with E-state index in [-0.39, 0.29) is 17.3 Å². The smallest absolute Gasteiger partial charge is 0.253 e. The van der Waals surface area contributed by atoms with Gasteiger partial charge in [0.2, 0.25) is 10.0 Å². The van der Waals surface area contributed by atoms with Crippen LogP contribution in [0.25, 0.3) is 0 Å². The number of carbonyl (C=O) groups excluding carboxylic acids is 1. The average Bonchev–Trinajstić information content (AvgIpc) is 2.78. The van der Waals surface area contributed by atoms with Gasteiger partial charge < -0.3 is 10.6 Å². The summed E-state index contributed by atoms with van der Waals surface area (Å²) in [6.45, 7) is 0. The Morgan fingerprint density at radius 2 is 1.91 bits per heavy atom. The molecule has 23 heavy (non-hydrogen) atoms. The molecule has 2 unspecified atom stereocenters. The van der Waals surface area contributed by atoms with Crippen LogP contribution in [0.1, 0.15) is 36.0 Å². The fourth-order valence-corrected chi connectivity index (χ4v) is 4.01. The van der Waals surface area contributed by atoms with Gasteiger partial charge in [0.25, 0.3) is 5.91 Å². The van der Waals surface area contributed by atoms with Crippen molar-refractivity contribution < 1.29 is 17.6 Å². The van der Waals surface area contributed by atoms with Gasteiger partial charge in [0.15, 0.2) is 0 Å². The SMILES string of the molecule is CS(=O)(=O)Nc1ccc(F)cc1C(=O)NC1CC2CCC(C1)N2. The minimum Gasteiger partial charge on any atom is -0.349 e. The Labute approximate surface area is 134 Å². The first-order valence-corrected chi connectivity index (χ1v) is 9.53. The van der Waals surface area contributed by atoms with Gasteiger partial charge in [0.05, 0.1) is 17.5 Å². The lowest BCUT2D eigenvalue weighted by atomic mass is 9.99. The maximum absolute atomic E-state index is 13.5. The molecule has 0 aromatic heterocycles. The molecule has 8 heteroatoms. The molecule has 2 fully saturated rings. The second-order valence-electron chi connectivity index (χ2n) is 6.34. The Hall–Kier alpha value is -1.67. The van der Waals surface area contributed by atoms with E-state index in [4.69, 9.17) is 0 Å². The number of sulfonamides is 1. The molecule has 126 valence electrons. The van der Waals surface area contributed by atoms with Crippen molar-refractivity contribution in [3.63, 3.8) is 0 Å². The van der Waals surface area contributed by atoms with E-state index in [0.717, 1.165) is 44.1 Å². The number of nitrogens with one attached hydrogen (secondary N) is 3. The molecule has 2 bridgehead atoms. The van der Waals surface area contributed by atoms with E-state index in [1.807, 2.05) is 0 Å². The Bertz CT molecular complexity index is 711. The number of halogens is 1. The number of rotatable bonds is 4. The third kappa shape index (κ3) is 4.00. The molecular weight excluding hydrogens is 321 g/mol. The molecule has 1 aromatic carbocycles. The summed E-state index contributed by atoms with van der Waals surface area (Å²) in [5.41, 5.74) is 0.0876. The Balaban J connectivity index is 1.77. The van der Waals surface area contributed by atoms with E-state index in [9.17, 15) is 17.6 Å². The van der Waals surface area contributed by atoms with Gasteiger partial charge in [-0.1, -0.05) is 0 Å². The Kier molecular flexibility index (Phi) is 4.29. The lowest BCUT2D eigenvalue weighted by Gasteiger charge is -2.29. The van der Waals surface area contributed by atoms with E-state index >= 15 is 0 Å². The number of carbonyl (C=O) groups is 1. The number of hydrogen-bond donors (Lipinski definition) is 3. The van der Waals surface area contributed by atoms with Crippen LogP contribution in [-0.4, -0.2) is 38.7 Å². The van der Waals surface area contributed by atoms with Gasteiger partial charge in [-0.25, -0.2) is 12.8 Å². The summed E-state index contributed by atoms with van der Waals surface area (Å²) in [6, 6.07) is 4.29. The third-order valence-corrected chi connectivity index (χ3v) is 4.92. The maximum atomic E-state index is 13.5. The van der Waals surface area contributed by atoms with Crippen LogP contribution in [-0.2, 0) is 10.0 Å². The zero-order valence-corrected chi connectivity index (χ0v) is 13.6. The monoisotopic (exact) mass is 341 g/mol. The summed E-state index contributed by atoms with van der Waals surface area (Å²) in [5.74, 6) is -1.04. The van der Waals surface area contributed by atoms with Gasteiger partial charge in [-0.15, -0.1) is 0 Å². The van der Waals surface area contributed by atoms with Crippen LogP contribution in [0.15, 0.2) is 18.2 Å². The standard InChI is InChI=1S/C15H20FN3O3S/c1-23(21,22)19-14-5-2-9(16)6-13(14)15(20)18-12-7-10-3-4-11(8-12)17-10/h2,5-6,10-12,17,19H,3-4,7-8H2,1H3,(H,18,20). The van der Waals surface area contributed by atoms with Crippen LogP contribution in [0, 0.1) is 5.82 Å². The minimum absolute atomic E-state index is 0.00121. The van der Waals surface area contributed by atoms with Gasteiger partial charge in [-0.05, 0) is 43.9 Å². The molecule has 2 saturated heterocycles. The number of piperidine rings is 1. The molecule has 6 nitrogen and oxygen atoms in total. The summed E-state index contributed by atoms with van der Waals surface area (Å²) in [4.78, 5) is 12.5. The molecule has 1 aromatic rings. The molecule has 0 aliphatic carbocycles. The summed E-state index contributed by atoms with van der Waals surface area (Å²) in [5, 5.41) is 6.39. The quantitative estimate of drug-likeness (QED) is 0.768. The highest BCUT2D eigenvalue weighted by atomic mass is 32.2. The highest BCUT2D eigenvalue weighted by molar-refractivity contribution is 7.92. The first kappa shape index (κ1) is 16.2. The maximum Gasteiger partial charge on any atom is 0.253 e. The first-order valence-electron chi connectivity index (χ1n) is 7.64. The van der Waals surface area contributed by atoms with Crippen molar-refractivity contribution >= 4 is 21.6 Å². The van der Waals surface area contributed by atoms with Crippen molar-refractivity contribution in [1.29, 1.82) is 0 Å². The third-order valence-electron chi connectivity index (χ3n) is 4.33. The van der Waals surface area contributed by atoms with E-state index in [1.165, 1.54) is 6.07 Å². The molecule has 2 heterocycles. The van der Waals surface area contributed by atoms with E-state index in [1.54, 1.807) is 0 Å². The molecule has 0 spiro atoms. The van der Waals surface area contributed by atoms with Crippen molar-refractivity contribution in [3.05, 3.63) is 29.6 Å². The topological polar surface area (TPSA) is 87.3 Å². The zero-order valence-electron chi connectivity index (χ0n) is 12.8. The summed E-state index contributed by atoms with van der Waals surface area (Å²) < 4.78 is 38.5. The van der Waals surface area contributed by atoms with Gasteiger partial charge in [0, 0.05) is 18.1 Å². The minimum atomic E-state index is -3.55. The van der Waals surface area contributed by atoms with Gasteiger partial charge in [-0.3, -0.25) is 9.52 Å². The van der Waals surface area contributed by atoms with Crippen LogP contribution < -0.4 is 15.4 Å². The van der Waals surface area contributed by atoms with Gasteiger partial charge in [0.1, 0.15) is 5.82 Å². The van der Waals surface area contributed by atoms with Crippen molar-refractivity contribution in [3.8, 4) is 0 Å². The molecule has 2 aliphatic heterocycles. The van der Waals surface area contributed by atoms with E-state index < -0.39 is 21.7 Å². The lowest BCUT2D eigenvalue weighted by Crippen LogP contribution is -2.48. The molecule has 3 rings (SSSR count). The predicted molar refractivity (Wildman–Crippen MR) is 85.3 cm³/mol. The van der Waals surface area contributed by atoms with Crippen LogP contribution >= 0.6 is 0 Å². The Morgan fingerprint density at radius 1 is 1.26 bits per heavy atom. The first-order chi connectivity index (χ1) is 10.8. The van der Waals surface area contributed by atoms with Gasteiger partial charge >= 0.3 is 0 Å². The van der Waals surface area contributed by atoms with Crippen LogP contribution in [0.4, 0.5) is 10.1 Å². The second-order valence-corrected chi connectivity index (χ2v) is 8.09. The number of benzene rings is 1. The number of amides is 1. The molecule has 3 N–H and O–H groups in total. The molecule has 2 aliphatic rings. The van der Waals surface area contributed by atoms with Crippen LogP contribution in [0.5, 0.6) is 0 Å². The normalized spacial score (nSPS) is 26.8. The fourth-order valence-electron chi connectivity index (χ4n) is 3.43. The largest absolute Gasteiger partial charge is 0.349 e. The highest BCUT2D eigenvalue weighted by Crippen LogP contribution is 2.27. The molecule has 1 amide bonds. The average molecular weight is 341 g/mol. The van der Waals surface area contributed by atoms with Crippen LogP contribution in [0.3, 0.4) is 0 Å². The summed E-state index contributed by atoms with van der Waals surface area (Å²) >= 11 is 0. The summed E-state index contributed by atoms with van der Waals surface area (Å²) in [7, 11) is -3.55. The highest BCUT2D eigenvalue weighted by Gasteiger charge is 2.34. The summed E-state index contributed by atoms with van der Waals surface area (Å²) in [6.07, 6.45) is 4.89. The van der Waals surface area contributed by atoms with Crippen molar-refractivity contribution in [2.24, 2.45) is 0 Å². The molecule has 2 atom stereocenters. The molecule has 0 saturated carbocycles. The number of anilines is 1. The van der Waals surface area contributed by atoms with Crippen molar-refractivity contribution in [2.45, 2.75) is 43.8 Å².